The minimum absolute atomic E-state index is 0.0360. The molecule has 2 fully saturated rings. The van der Waals surface area contributed by atoms with Crippen LogP contribution in [0.25, 0.3) is 0 Å². The molecule has 8 heteroatoms. The molecule has 0 bridgehead atoms. The molecule has 1 atom stereocenters. The molecule has 32 heavy (non-hydrogen) atoms. The molecular weight excluding hydrogens is 404 g/mol. The Hall–Kier alpha value is -2.61. The number of carbonyl (C=O) groups is 2. The summed E-state index contributed by atoms with van der Waals surface area (Å²) in [6.07, 6.45) is 6.66. The van der Waals surface area contributed by atoms with Crippen molar-refractivity contribution in [2.45, 2.75) is 51.1 Å². The molecule has 3 N–H and O–H groups in total. The number of rotatable bonds is 7. The number of hydrogen-bond donors (Lipinski definition) is 3. The fourth-order valence-electron chi connectivity index (χ4n) is 4.51. The van der Waals surface area contributed by atoms with Crippen LogP contribution >= 0.6 is 0 Å². The first-order chi connectivity index (χ1) is 15.4. The number of anilines is 1. The van der Waals surface area contributed by atoms with E-state index in [9.17, 15) is 9.59 Å². The predicted molar refractivity (Wildman–Crippen MR) is 129 cm³/mol. The molecule has 1 aliphatic heterocycles. The maximum atomic E-state index is 12.8. The van der Waals surface area contributed by atoms with Crippen LogP contribution in [0.4, 0.5) is 5.69 Å². The van der Waals surface area contributed by atoms with E-state index < -0.39 is 0 Å². The Balaban J connectivity index is 1.45. The maximum absolute atomic E-state index is 12.8. The molecule has 2 aliphatic rings. The Labute approximate surface area is 191 Å². The van der Waals surface area contributed by atoms with Crippen molar-refractivity contribution in [3.8, 4) is 0 Å². The smallest absolute Gasteiger partial charge is 0.238 e. The number of likely N-dealkylation sites (N-methyl/N-ethyl adjacent to an activating group) is 1. The van der Waals surface area contributed by atoms with Gasteiger partial charge in [0.05, 0.1) is 6.54 Å². The zero-order valence-corrected chi connectivity index (χ0v) is 19.7. The normalized spacial score (nSPS) is 19.8. The standard InChI is InChI=1S/C24H38N6O2/c1-25-24(26-15-18-8-7-11-20(14-18)27-22(31)17-29(2)3)28-21-12-13-30(16-21)23(32)19-9-5-4-6-10-19/h7-8,11,14,19,21H,4-6,9-10,12-13,15-17H2,1-3H3,(H,27,31)(H2,25,26,28). The van der Waals surface area contributed by atoms with Crippen molar-refractivity contribution in [1.82, 2.24) is 20.4 Å². The molecule has 176 valence electrons. The van der Waals surface area contributed by atoms with Gasteiger partial charge >= 0.3 is 0 Å². The van der Waals surface area contributed by atoms with Crippen LogP contribution in [0, 0.1) is 5.92 Å². The van der Waals surface area contributed by atoms with Crippen LogP contribution in [-0.2, 0) is 16.1 Å². The lowest BCUT2D eigenvalue weighted by Gasteiger charge is -2.26. The number of carbonyl (C=O) groups excluding carboxylic acids is 2. The number of guanidine groups is 1. The lowest BCUT2D eigenvalue weighted by molar-refractivity contribution is -0.135. The number of nitrogens with zero attached hydrogens (tertiary/aromatic N) is 3. The number of amides is 2. The van der Waals surface area contributed by atoms with Gasteiger partial charge in [-0.15, -0.1) is 0 Å². The van der Waals surface area contributed by atoms with Crippen LogP contribution in [0.1, 0.15) is 44.1 Å². The fourth-order valence-corrected chi connectivity index (χ4v) is 4.51. The summed E-state index contributed by atoms with van der Waals surface area (Å²) in [6, 6.07) is 8.02. The van der Waals surface area contributed by atoms with E-state index >= 15 is 0 Å². The zero-order valence-electron chi connectivity index (χ0n) is 19.7. The molecular formula is C24H38N6O2. The van der Waals surface area contributed by atoms with Gasteiger partial charge in [0.2, 0.25) is 11.8 Å². The summed E-state index contributed by atoms with van der Waals surface area (Å²) in [7, 11) is 5.50. The van der Waals surface area contributed by atoms with E-state index in [1.807, 2.05) is 48.2 Å². The predicted octanol–water partition coefficient (Wildman–Crippen LogP) is 2.03. The number of likely N-dealkylation sites (tertiary alicyclic amines) is 1. The van der Waals surface area contributed by atoms with Crippen molar-refractivity contribution in [1.29, 1.82) is 0 Å². The first-order valence-corrected chi connectivity index (χ1v) is 11.7. The van der Waals surface area contributed by atoms with Crippen LogP contribution in [0.2, 0.25) is 0 Å². The molecule has 1 saturated heterocycles. The highest BCUT2D eigenvalue weighted by Gasteiger charge is 2.31. The van der Waals surface area contributed by atoms with Gasteiger partial charge in [-0.2, -0.15) is 0 Å². The van der Waals surface area contributed by atoms with Crippen LogP contribution in [0.15, 0.2) is 29.3 Å². The summed E-state index contributed by atoms with van der Waals surface area (Å²) >= 11 is 0. The van der Waals surface area contributed by atoms with Crippen LogP contribution in [-0.4, -0.2) is 74.4 Å². The molecule has 1 aliphatic carbocycles. The van der Waals surface area contributed by atoms with Crippen molar-refractivity contribution < 1.29 is 9.59 Å². The summed E-state index contributed by atoms with van der Waals surface area (Å²) in [5.41, 5.74) is 1.84. The van der Waals surface area contributed by atoms with Crippen LogP contribution < -0.4 is 16.0 Å². The van der Waals surface area contributed by atoms with Gasteiger partial charge in [0.25, 0.3) is 0 Å². The van der Waals surface area contributed by atoms with Gasteiger partial charge in [0, 0.05) is 44.3 Å². The molecule has 0 aromatic heterocycles. The summed E-state index contributed by atoms with van der Waals surface area (Å²) < 4.78 is 0. The van der Waals surface area contributed by atoms with E-state index in [1.54, 1.807) is 7.05 Å². The van der Waals surface area contributed by atoms with E-state index in [-0.39, 0.29) is 17.9 Å². The number of hydrogen-bond acceptors (Lipinski definition) is 4. The molecule has 1 unspecified atom stereocenters. The van der Waals surface area contributed by atoms with Gasteiger partial charge in [-0.25, -0.2) is 0 Å². The van der Waals surface area contributed by atoms with E-state index in [0.29, 0.717) is 19.0 Å². The number of aliphatic imine (C=N–C) groups is 1. The number of benzene rings is 1. The van der Waals surface area contributed by atoms with Gasteiger partial charge in [-0.1, -0.05) is 31.4 Å². The minimum Gasteiger partial charge on any atom is -0.352 e. The molecule has 1 heterocycles. The highest BCUT2D eigenvalue weighted by molar-refractivity contribution is 5.92. The molecule has 1 aromatic carbocycles. The Morgan fingerprint density at radius 1 is 1.16 bits per heavy atom. The first-order valence-electron chi connectivity index (χ1n) is 11.7. The second-order valence-electron chi connectivity index (χ2n) is 9.16. The Bertz CT molecular complexity index is 803. The highest BCUT2D eigenvalue weighted by atomic mass is 16.2. The molecule has 0 radical (unpaired) electrons. The van der Waals surface area contributed by atoms with Gasteiger partial charge < -0.3 is 25.8 Å². The monoisotopic (exact) mass is 442 g/mol. The third-order valence-corrected chi connectivity index (χ3v) is 6.15. The van der Waals surface area contributed by atoms with E-state index in [4.69, 9.17) is 0 Å². The molecule has 1 saturated carbocycles. The third kappa shape index (κ3) is 7.22. The summed E-state index contributed by atoms with van der Waals surface area (Å²) in [5, 5.41) is 9.73. The summed E-state index contributed by atoms with van der Waals surface area (Å²) in [6.45, 7) is 2.50. The van der Waals surface area contributed by atoms with Crippen molar-refractivity contribution in [3.63, 3.8) is 0 Å². The van der Waals surface area contributed by atoms with Crippen molar-refractivity contribution in [2.75, 3.05) is 46.1 Å². The Morgan fingerprint density at radius 2 is 1.94 bits per heavy atom. The highest BCUT2D eigenvalue weighted by Crippen LogP contribution is 2.26. The molecule has 1 aromatic rings. The summed E-state index contributed by atoms with van der Waals surface area (Å²) in [4.78, 5) is 33.0. The lowest BCUT2D eigenvalue weighted by Crippen LogP contribution is -2.45. The first kappa shape index (κ1) is 24.0. The topological polar surface area (TPSA) is 89.1 Å². The van der Waals surface area contributed by atoms with Crippen LogP contribution in [0.5, 0.6) is 0 Å². The molecule has 0 spiro atoms. The van der Waals surface area contributed by atoms with E-state index in [1.165, 1.54) is 19.3 Å². The number of nitrogens with one attached hydrogen (secondary N) is 3. The van der Waals surface area contributed by atoms with Gasteiger partial charge in [-0.05, 0) is 51.1 Å². The van der Waals surface area contributed by atoms with Gasteiger partial charge in [0.1, 0.15) is 0 Å². The van der Waals surface area contributed by atoms with E-state index in [0.717, 1.165) is 49.6 Å². The second kappa shape index (κ2) is 11.9. The van der Waals surface area contributed by atoms with E-state index in [2.05, 4.69) is 20.9 Å². The molecule has 3 rings (SSSR count). The minimum atomic E-state index is -0.0360. The van der Waals surface area contributed by atoms with Gasteiger partial charge in [-0.3, -0.25) is 14.6 Å². The van der Waals surface area contributed by atoms with Gasteiger partial charge in [0.15, 0.2) is 5.96 Å². The average molecular weight is 443 g/mol. The zero-order chi connectivity index (χ0) is 22.9. The fraction of sp³-hybridized carbons (Fsp3) is 0.625. The Kier molecular flexibility index (Phi) is 8.90. The molecule has 2 amide bonds. The summed E-state index contributed by atoms with van der Waals surface area (Å²) in [5.74, 6) is 1.26. The average Bonchev–Trinajstić information content (AvgIpc) is 3.25. The molecule has 8 nitrogen and oxygen atoms in total. The Morgan fingerprint density at radius 3 is 2.66 bits per heavy atom. The largest absolute Gasteiger partial charge is 0.352 e. The quantitative estimate of drug-likeness (QED) is 0.444. The van der Waals surface area contributed by atoms with Crippen molar-refractivity contribution in [2.24, 2.45) is 10.9 Å². The SMILES string of the molecule is CN=C(NCc1cccc(NC(=O)CN(C)C)c1)NC1CCN(C(=O)C2CCCCC2)C1. The van der Waals surface area contributed by atoms with Crippen LogP contribution in [0.3, 0.4) is 0 Å². The third-order valence-electron chi connectivity index (χ3n) is 6.15. The lowest BCUT2D eigenvalue weighted by atomic mass is 9.88. The van der Waals surface area contributed by atoms with Crippen molar-refractivity contribution >= 4 is 23.5 Å². The van der Waals surface area contributed by atoms with Crippen molar-refractivity contribution in [3.05, 3.63) is 29.8 Å². The second-order valence-corrected chi connectivity index (χ2v) is 9.16. The maximum Gasteiger partial charge on any atom is 0.238 e.